The van der Waals surface area contributed by atoms with E-state index in [2.05, 4.69) is 26.1 Å². The molecule has 0 radical (unpaired) electrons. The summed E-state index contributed by atoms with van der Waals surface area (Å²) >= 11 is 7.07. The minimum absolute atomic E-state index is 0.162. The number of anilines is 2. The van der Waals surface area contributed by atoms with Gasteiger partial charge in [-0.1, -0.05) is 65.4 Å². The van der Waals surface area contributed by atoms with E-state index in [0.717, 1.165) is 34.6 Å². The molecule has 0 aliphatic heterocycles. The average Bonchev–Trinajstić information content (AvgIpc) is 3.30. The molecule has 7 nitrogen and oxygen atoms in total. The maximum Gasteiger partial charge on any atom is 0.319 e. The van der Waals surface area contributed by atoms with Crippen LogP contribution in [0, 0.1) is 11.6 Å². The fourth-order valence-corrected chi connectivity index (χ4v) is 4.02. The van der Waals surface area contributed by atoms with Crippen LogP contribution in [-0.2, 0) is 11.2 Å². The van der Waals surface area contributed by atoms with Gasteiger partial charge in [0, 0.05) is 23.1 Å². The van der Waals surface area contributed by atoms with E-state index in [1.165, 1.54) is 0 Å². The third kappa shape index (κ3) is 6.58. The van der Waals surface area contributed by atoms with E-state index in [-0.39, 0.29) is 17.2 Å². The molecule has 0 aliphatic rings. The van der Waals surface area contributed by atoms with Gasteiger partial charge < -0.3 is 10.6 Å². The minimum atomic E-state index is -1.02. The molecule has 4 aromatic rings. The van der Waals surface area contributed by atoms with Crippen LogP contribution >= 0.6 is 22.9 Å². The van der Waals surface area contributed by atoms with Gasteiger partial charge in [-0.3, -0.25) is 10.1 Å². The second-order valence-electron chi connectivity index (χ2n) is 7.37. The van der Waals surface area contributed by atoms with E-state index < -0.39 is 29.6 Å². The molecule has 3 amide bonds. The Bertz CT molecular complexity index is 1340. The van der Waals surface area contributed by atoms with Crippen molar-refractivity contribution >= 4 is 45.7 Å². The molecule has 11 heteroatoms. The van der Waals surface area contributed by atoms with Crippen molar-refractivity contribution in [2.45, 2.75) is 12.5 Å². The lowest BCUT2D eigenvalue weighted by Crippen LogP contribution is -2.47. The molecule has 1 atom stereocenters. The number of carbonyl (C=O) groups is 2. The Hall–Kier alpha value is -3.89. The summed E-state index contributed by atoms with van der Waals surface area (Å²) in [5.41, 5.74) is 1.35. The molecule has 0 spiro atoms. The number of nitrogens with zero attached hydrogens (tertiary/aromatic N) is 2. The number of benzene rings is 3. The number of hydrogen-bond donors (Lipinski definition) is 3. The summed E-state index contributed by atoms with van der Waals surface area (Å²) in [6.07, 6.45) is 0.162. The van der Waals surface area contributed by atoms with Gasteiger partial charge in [0.15, 0.2) is 0 Å². The lowest BCUT2D eigenvalue weighted by Gasteiger charge is -2.18. The van der Waals surface area contributed by atoms with Crippen molar-refractivity contribution < 1.29 is 18.4 Å². The van der Waals surface area contributed by atoms with E-state index in [0.29, 0.717) is 16.1 Å². The largest absolute Gasteiger partial charge is 0.326 e. The zero-order valence-corrected chi connectivity index (χ0v) is 19.5. The molecule has 178 valence electrons. The highest BCUT2D eigenvalue weighted by atomic mass is 35.5. The molecule has 1 aromatic heterocycles. The van der Waals surface area contributed by atoms with E-state index in [9.17, 15) is 18.4 Å². The molecule has 1 unspecified atom stereocenters. The molecular weight excluding hydrogens is 496 g/mol. The third-order valence-corrected chi connectivity index (χ3v) is 5.97. The monoisotopic (exact) mass is 513 g/mol. The van der Waals surface area contributed by atoms with Crippen LogP contribution in [0.2, 0.25) is 5.02 Å². The average molecular weight is 514 g/mol. The summed E-state index contributed by atoms with van der Waals surface area (Å²) in [4.78, 5) is 25.6. The number of hydrogen-bond acceptors (Lipinski definition) is 5. The van der Waals surface area contributed by atoms with Crippen molar-refractivity contribution in [3.63, 3.8) is 0 Å². The SMILES string of the molecule is O=C(Nc1ccc(F)cc1F)NC(Cc1ccccc1)C(=O)Nc1nnc(-c2ccc(Cl)cc2)s1. The van der Waals surface area contributed by atoms with Crippen molar-refractivity contribution in [2.24, 2.45) is 0 Å². The molecule has 0 bridgehead atoms. The summed E-state index contributed by atoms with van der Waals surface area (Å²) < 4.78 is 27.1. The van der Waals surface area contributed by atoms with Crippen LogP contribution in [0.3, 0.4) is 0 Å². The molecule has 4 rings (SSSR count). The topological polar surface area (TPSA) is 96.0 Å². The zero-order chi connectivity index (χ0) is 24.8. The molecule has 3 aromatic carbocycles. The van der Waals surface area contributed by atoms with Crippen LogP contribution in [0.5, 0.6) is 0 Å². The van der Waals surface area contributed by atoms with E-state index in [1.54, 1.807) is 36.4 Å². The highest BCUT2D eigenvalue weighted by Gasteiger charge is 2.23. The lowest BCUT2D eigenvalue weighted by atomic mass is 10.1. The van der Waals surface area contributed by atoms with Gasteiger partial charge in [-0.2, -0.15) is 0 Å². The number of urea groups is 1. The second-order valence-corrected chi connectivity index (χ2v) is 8.79. The molecule has 3 N–H and O–H groups in total. The van der Waals surface area contributed by atoms with Crippen molar-refractivity contribution in [3.05, 3.63) is 95.0 Å². The van der Waals surface area contributed by atoms with Crippen LogP contribution in [-0.4, -0.2) is 28.2 Å². The van der Waals surface area contributed by atoms with Gasteiger partial charge in [0.25, 0.3) is 0 Å². The summed E-state index contributed by atoms with van der Waals surface area (Å²) in [5.74, 6) is -2.25. The van der Waals surface area contributed by atoms with E-state index >= 15 is 0 Å². The summed E-state index contributed by atoms with van der Waals surface area (Å²) in [6.45, 7) is 0. The first kappa shape index (κ1) is 24.2. The van der Waals surface area contributed by atoms with Crippen molar-refractivity contribution in [2.75, 3.05) is 10.6 Å². The van der Waals surface area contributed by atoms with Crippen molar-refractivity contribution in [3.8, 4) is 10.6 Å². The van der Waals surface area contributed by atoms with E-state index in [4.69, 9.17) is 11.6 Å². The summed E-state index contributed by atoms with van der Waals surface area (Å²) in [6, 6.07) is 17.0. The zero-order valence-electron chi connectivity index (χ0n) is 18.0. The van der Waals surface area contributed by atoms with Gasteiger partial charge in [-0.05, 0) is 29.8 Å². The smallest absolute Gasteiger partial charge is 0.319 e. The minimum Gasteiger partial charge on any atom is -0.326 e. The van der Waals surface area contributed by atoms with Crippen molar-refractivity contribution in [1.29, 1.82) is 0 Å². The Morgan fingerprint density at radius 2 is 1.69 bits per heavy atom. The maximum atomic E-state index is 13.9. The lowest BCUT2D eigenvalue weighted by molar-refractivity contribution is -0.117. The molecule has 35 heavy (non-hydrogen) atoms. The number of carbonyl (C=O) groups excluding carboxylic acids is 2. The first-order valence-electron chi connectivity index (χ1n) is 10.3. The van der Waals surface area contributed by atoms with Gasteiger partial charge in [0.05, 0.1) is 5.69 Å². The Labute approximate surface area is 208 Å². The predicted molar refractivity (Wildman–Crippen MR) is 131 cm³/mol. The maximum absolute atomic E-state index is 13.9. The molecule has 1 heterocycles. The fraction of sp³-hybridized carbons (Fsp3) is 0.0833. The van der Waals surface area contributed by atoms with Crippen LogP contribution in [0.1, 0.15) is 5.56 Å². The third-order valence-electron chi connectivity index (χ3n) is 4.83. The molecule has 0 fully saturated rings. The number of amides is 3. The van der Waals surface area contributed by atoms with Gasteiger partial charge in [0.1, 0.15) is 22.7 Å². The van der Waals surface area contributed by atoms with Crippen molar-refractivity contribution in [1.82, 2.24) is 15.5 Å². The first-order chi connectivity index (χ1) is 16.9. The van der Waals surface area contributed by atoms with Crippen LogP contribution in [0.4, 0.5) is 24.4 Å². The van der Waals surface area contributed by atoms with Gasteiger partial charge in [-0.25, -0.2) is 13.6 Å². The Morgan fingerprint density at radius 1 is 0.943 bits per heavy atom. The Morgan fingerprint density at radius 3 is 2.40 bits per heavy atom. The van der Waals surface area contributed by atoms with Crippen LogP contribution < -0.4 is 16.0 Å². The van der Waals surface area contributed by atoms with Gasteiger partial charge >= 0.3 is 6.03 Å². The number of aromatic nitrogens is 2. The molecule has 0 saturated carbocycles. The Balaban J connectivity index is 1.48. The second kappa shape index (κ2) is 11.0. The summed E-state index contributed by atoms with van der Waals surface area (Å²) in [5, 5.41) is 17.0. The molecule has 0 saturated heterocycles. The summed E-state index contributed by atoms with van der Waals surface area (Å²) in [7, 11) is 0. The molecule has 0 aliphatic carbocycles. The number of rotatable bonds is 7. The fourth-order valence-electron chi connectivity index (χ4n) is 3.14. The quantitative estimate of drug-likeness (QED) is 0.304. The molecular formula is C24H18ClF2N5O2S. The highest BCUT2D eigenvalue weighted by molar-refractivity contribution is 7.18. The van der Waals surface area contributed by atoms with Gasteiger partial charge in [0.2, 0.25) is 11.0 Å². The normalized spacial score (nSPS) is 11.5. The predicted octanol–water partition coefficient (Wildman–Crippen LogP) is 5.51. The first-order valence-corrected chi connectivity index (χ1v) is 11.5. The number of nitrogens with one attached hydrogen (secondary N) is 3. The standard InChI is InChI=1S/C24H18ClF2N5O2S/c25-16-8-6-15(7-9-16)22-31-32-24(35-22)30-21(33)20(12-14-4-2-1-3-5-14)29-23(34)28-19-11-10-17(26)13-18(19)27/h1-11,13,20H,12H2,(H2,28,29,34)(H,30,32,33). The van der Waals surface area contributed by atoms with Crippen LogP contribution in [0.15, 0.2) is 72.8 Å². The van der Waals surface area contributed by atoms with E-state index in [1.807, 2.05) is 18.2 Å². The Kier molecular flexibility index (Phi) is 7.64. The number of halogens is 3. The van der Waals surface area contributed by atoms with Crippen LogP contribution in [0.25, 0.3) is 10.6 Å². The van der Waals surface area contributed by atoms with Gasteiger partial charge in [-0.15, -0.1) is 10.2 Å². The highest BCUT2D eigenvalue weighted by Crippen LogP contribution is 2.27.